The number of hydrogen-bond donors (Lipinski definition) is 1. The zero-order chi connectivity index (χ0) is 9.26. The Morgan fingerprint density at radius 3 is 2.92 bits per heavy atom. The molecule has 0 saturated carbocycles. The van der Waals surface area contributed by atoms with Gasteiger partial charge in [-0.15, -0.1) is 0 Å². The van der Waals surface area contributed by atoms with Crippen LogP contribution in [0.15, 0.2) is 23.6 Å². The maximum absolute atomic E-state index is 12.7. The lowest BCUT2D eigenvalue weighted by atomic mass is 10.1. The van der Waals surface area contributed by atoms with E-state index in [0.717, 1.165) is 6.20 Å². The van der Waals surface area contributed by atoms with Gasteiger partial charge in [-0.1, -0.05) is 0 Å². The number of carbonyl (C=O) groups excluding carboxylic acids is 1. The molecular formula is C8H6FN3O. The number of pyridine rings is 1. The average molecular weight is 179 g/mol. The Morgan fingerprint density at radius 2 is 2.31 bits per heavy atom. The van der Waals surface area contributed by atoms with Crippen LogP contribution in [-0.4, -0.2) is 16.6 Å². The summed E-state index contributed by atoms with van der Waals surface area (Å²) in [6.07, 6.45) is 2.77. The maximum atomic E-state index is 12.7. The molecule has 0 aromatic carbocycles. The highest BCUT2D eigenvalue weighted by Crippen LogP contribution is 2.08. The largest absolute Gasteiger partial charge is 0.273 e. The van der Waals surface area contributed by atoms with Crippen molar-refractivity contribution in [2.45, 2.75) is 6.42 Å². The SMILES string of the molecule is O=C1CC(c2cncc(F)c2)=NN1. The van der Waals surface area contributed by atoms with Crippen molar-refractivity contribution in [1.82, 2.24) is 10.4 Å². The minimum Gasteiger partial charge on any atom is -0.273 e. The standard InChI is InChI=1S/C8H6FN3O/c9-6-1-5(3-10-4-6)7-2-8(13)12-11-7/h1,3-4H,2H2,(H,12,13). The van der Waals surface area contributed by atoms with Crippen LogP contribution in [0.1, 0.15) is 12.0 Å². The molecule has 0 saturated heterocycles. The molecule has 4 nitrogen and oxygen atoms in total. The summed E-state index contributed by atoms with van der Waals surface area (Å²) >= 11 is 0. The third-order valence-electron chi connectivity index (χ3n) is 1.68. The van der Waals surface area contributed by atoms with Crippen LogP contribution in [0.5, 0.6) is 0 Å². The van der Waals surface area contributed by atoms with Gasteiger partial charge in [0, 0.05) is 11.8 Å². The highest BCUT2D eigenvalue weighted by atomic mass is 19.1. The molecule has 1 aromatic heterocycles. The zero-order valence-corrected chi connectivity index (χ0v) is 6.62. The summed E-state index contributed by atoms with van der Waals surface area (Å²) in [5.74, 6) is -0.612. The van der Waals surface area contributed by atoms with Crippen molar-refractivity contribution in [1.29, 1.82) is 0 Å². The normalized spacial score (nSPS) is 15.5. The fraction of sp³-hybridized carbons (Fsp3) is 0.125. The van der Waals surface area contributed by atoms with Crippen molar-refractivity contribution >= 4 is 11.6 Å². The number of aromatic nitrogens is 1. The van der Waals surface area contributed by atoms with Gasteiger partial charge in [0.05, 0.1) is 18.3 Å². The summed E-state index contributed by atoms with van der Waals surface area (Å²) in [6.45, 7) is 0. The van der Waals surface area contributed by atoms with E-state index in [0.29, 0.717) is 11.3 Å². The van der Waals surface area contributed by atoms with E-state index in [1.165, 1.54) is 12.3 Å². The molecule has 5 heteroatoms. The molecule has 0 aliphatic carbocycles. The first-order chi connectivity index (χ1) is 6.25. The topological polar surface area (TPSA) is 54.4 Å². The fourth-order valence-electron chi connectivity index (χ4n) is 1.10. The van der Waals surface area contributed by atoms with Crippen molar-refractivity contribution < 1.29 is 9.18 Å². The molecule has 1 aliphatic heterocycles. The molecule has 66 valence electrons. The minimum atomic E-state index is -0.431. The number of carbonyl (C=O) groups is 1. The highest BCUT2D eigenvalue weighted by Gasteiger charge is 2.16. The molecule has 1 aliphatic rings. The second kappa shape index (κ2) is 2.93. The van der Waals surface area contributed by atoms with Crippen LogP contribution in [0, 0.1) is 5.82 Å². The molecule has 2 rings (SSSR count). The third-order valence-corrected chi connectivity index (χ3v) is 1.68. The van der Waals surface area contributed by atoms with Crippen LogP contribution >= 0.6 is 0 Å². The number of hydrogen-bond acceptors (Lipinski definition) is 3. The Kier molecular flexibility index (Phi) is 1.77. The van der Waals surface area contributed by atoms with Gasteiger partial charge < -0.3 is 0 Å². The van der Waals surface area contributed by atoms with Gasteiger partial charge in [0.1, 0.15) is 5.82 Å². The highest BCUT2D eigenvalue weighted by molar-refractivity contribution is 6.13. The van der Waals surface area contributed by atoms with Gasteiger partial charge in [-0.3, -0.25) is 9.78 Å². The molecular weight excluding hydrogens is 173 g/mol. The Hall–Kier alpha value is -1.78. The van der Waals surface area contributed by atoms with Crippen molar-refractivity contribution in [2.75, 3.05) is 0 Å². The van der Waals surface area contributed by atoms with E-state index in [9.17, 15) is 9.18 Å². The van der Waals surface area contributed by atoms with Gasteiger partial charge in [0.2, 0.25) is 5.91 Å². The smallest absolute Gasteiger partial charge is 0.246 e. The number of halogens is 1. The molecule has 2 heterocycles. The van der Waals surface area contributed by atoms with Crippen LogP contribution in [-0.2, 0) is 4.79 Å². The Morgan fingerprint density at radius 1 is 1.46 bits per heavy atom. The van der Waals surface area contributed by atoms with Crippen LogP contribution < -0.4 is 5.43 Å². The monoisotopic (exact) mass is 179 g/mol. The number of nitrogens with zero attached hydrogens (tertiary/aromatic N) is 2. The quantitative estimate of drug-likeness (QED) is 0.680. The molecule has 0 atom stereocenters. The van der Waals surface area contributed by atoms with Gasteiger partial charge in [-0.05, 0) is 6.07 Å². The van der Waals surface area contributed by atoms with E-state index < -0.39 is 5.82 Å². The van der Waals surface area contributed by atoms with E-state index in [1.54, 1.807) is 0 Å². The summed E-state index contributed by atoms with van der Waals surface area (Å²) in [6, 6.07) is 1.30. The molecule has 1 N–H and O–H groups in total. The molecule has 0 bridgehead atoms. The minimum absolute atomic E-state index is 0.181. The number of hydrazone groups is 1. The number of amides is 1. The van der Waals surface area contributed by atoms with Gasteiger partial charge in [-0.2, -0.15) is 5.10 Å². The Labute approximate surface area is 73.5 Å². The predicted octanol–water partition coefficient (Wildman–Crippen LogP) is 0.445. The number of nitrogens with one attached hydrogen (secondary N) is 1. The Balaban J connectivity index is 2.31. The van der Waals surface area contributed by atoms with Crippen molar-refractivity contribution in [2.24, 2.45) is 5.10 Å². The summed E-state index contributed by atoms with van der Waals surface area (Å²) in [4.78, 5) is 14.4. The summed E-state index contributed by atoms with van der Waals surface area (Å²) in [5, 5.41) is 3.74. The Bertz CT molecular complexity index is 389. The molecule has 0 unspecified atom stereocenters. The molecule has 1 amide bonds. The molecule has 13 heavy (non-hydrogen) atoms. The first-order valence-corrected chi connectivity index (χ1v) is 3.72. The van der Waals surface area contributed by atoms with Crippen molar-refractivity contribution in [3.8, 4) is 0 Å². The summed E-state index contributed by atoms with van der Waals surface area (Å²) in [5.41, 5.74) is 3.35. The second-order valence-corrected chi connectivity index (χ2v) is 2.66. The molecule has 0 radical (unpaired) electrons. The predicted molar refractivity (Wildman–Crippen MR) is 43.5 cm³/mol. The van der Waals surface area contributed by atoms with E-state index in [4.69, 9.17) is 0 Å². The van der Waals surface area contributed by atoms with Gasteiger partial charge in [-0.25, -0.2) is 9.82 Å². The number of rotatable bonds is 1. The van der Waals surface area contributed by atoms with Gasteiger partial charge in [0.25, 0.3) is 0 Å². The lowest BCUT2D eigenvalue weighted by molar-refractivity contribution is -0.119. The van der Waals surface area contributed by atoms with E-state index in [-0.39, 0.29) is 12.3 Å². The van der Waals surface area contributed by atoms with E-state index in [2.05, 4.69) is 15.5 Å². The van der Waals surface area contributed by atoms with Gasteiger partial charge >= 0.3 is 0 Å². The zero-order valence-electron chi connectivity index (χ0n) is 6.62. The lowest BCUT2D eigenvalue weighted by Crippen LogP contribution is -2.09. The van der Waals surface area contributed by atoms with E-state index >= 15 is 0 Å². The summed E-state index contributed by atoms with van der Waals surface area (Å²) in [7, 11) is 0. The van der Waals surface area contributed by atoms with Crippen molar-refractivity contribution in [3.05, 3.63) is 29.8 Å². The molecule has 0 fully saturated rings. The van der Waals surface area contributed by atoms with Crippen LogP contribution in [0.2, 0.25) is 0 Å². The lowest BCUT2D eigenvalue weighted by Gasteiger charge is -1.96. The van der Waals surface area contributed by atoms with Crippen molar-refractivity contribution in [3.63, 3.8) is 0 Å². The molecule has 1 aromatic rings. The molecule has 0 spiro atoms. The van der Waals surface area contributed by atoms with Crippen LogP contribution in [0.25, 0.3) is 0 Å². The fourth-order valence-corrected chi connectivity index (χ4v) is 1.10. The maximum Gasteiger partial charge on any atom is 0.246 e. The first kappa shape index (κ1) is 7.85. The second-order valence-electron chi connectivity index (χ2n) is 2.66. The van der Waals surface area contributed by atoms with Crippen LogP contribution in [0.4, 0.5) is 4.39 Å². The third kappa shape index (κ3) is 1.53. The average Bonchev–Trinajstić information content (AvgIpc) is 2.52. The summed E-state index contributed by atoms with van der Waals surface area (Å²) < 4.78 is 12.7. The first-order valence-electron chi connectivity index (χ1n) is 3.72. The van der Waals surface area contributed by atoms with E-state index in [1.807, 2.05) is 0 Å². The van der Waals surface area contributed by atoms with Crippen LogP contribution in [0.3, 0.4) is 0 Å². The van der Waals surface area contributed by atoms with Gasteiger partial charge in [0.15, 0.2) is 0 Å².